The van der Waals surface area contributed by atoms with Crippen LogP contribution in [0.2, 0.25) is 0 Å². The highest BCUT2D eigenvalue weighted by Gasteiger charge is 2.28. The van der Waals surface area contributed by atoms with Crippen LogP contribution in [-0.4, -0.2) is 19.6 Å². The van der Waals surface area contributed by atoms with Gasteiger partial charge in [-0.05, 0) is 19.3 Å². The molecule has 0 amide bonds. The Morgan fingerprint density at radius 1 is 1.40 bits per heavy atom. The molecule has 1 unspecified atom stereocenters. The van der Waals surface area contributed by atoms with Crippen LogP contribution in [0.3, 0.4) is 0 Å². The fourth-order valence-corrected chi connectivity index (χ4v) is 2.64. The lowest BCUT2D eigenvalue weighted by Gasteiger charge is -2.19. The average molecular weight is 165 g/mol. The smallest absolute Gasteiger partial charge is 0.179 e. The van der Waals surface area contributed by atoms with Crippen molar-refractivity contribution < 1.29 is 13.3 Å². The van der Waals surface area contributed by atoms with Gasteiger partial charge in [0.2, 0.25) is 0 Å². The fourth-order valence-electron chi connectivity index (χ4n) is 1.08. The van der Waals surface area contributed by atoms with Gasteiger partial charge in [0.25, 0.3) is 0 Å². The number of sulfone groups is 1. The van der Waals surface area contributed by atoms with Crippen LogP contribution in [0, 0.1) is 0 Å². The first-order valence-corrected chi connectivity index (χ1v) is 4.95. The lowest BCUT2D eigenvalue weighted by molar-refractivity contribution is 0.0967. The summed E-state index contributed by atoms with van der Waals surface area (Å²) in [6.45, 7) is 0. The van der Waals surface area contributed by atoms with Crippen molar-refractivity contribution in [1.82, 2.24) is 0 Å². The van der Waals surface area contributed by atoms with Gasteiger partial charge in [-0.25, -0.2) is 14.3 Å². The summed E-state index contributed by atoms with van der Waals surface area (Å²) in [5.41, 5.74) is -0.749. The Bertz CT molecular complexity index is 199. The summed E-state index contributed by atoms with van der Waals surface area (Å²) in [5, 5.41) is 0. The van der Waals surface area contributed by atoms with Gasteiger partial charge in [0.15, 0.2) is 15.3 Å². The molecule has 0 aromatic rings. The molecule has 0 aromatic heterocycles. The molecule has 0 radical (unpaired) electrons. The van der Waals surface area contributed by atoms with E-state index in [0.717, 1.165) is 12.8 Å². The first-order valence-electron chi connectivity index (χ1n) is 3.24. The second-order valence-corrected chi connectivity index (χ2v) is 4.69. The first-order chi connectivity index (χ1) is 4.67. The Labute approximate surface area is 60.2 Å². The first kappa shape index (κ1) is 7.97. The molecule has 1 fully saturated rings. The summed E-state index contributed by atoms with van der Waals surface area (Å²) >= 11 is 0. The van der Waals surface area contributed by atoms with E-state index < -0.39 is 15.3 Å². The molecular weight excluding hydrogens is 154 g/mol. The molecule has 1 aliphatic rings. The minimum absolute atomic E-state index is 0.217. The van der Waals surface area contributed by atoms with Crippen molar-refractivity contribution in [2.45, 2.75) is 24.7 Å². The largest absolute Gasteiger partial charge is 0.285 e. The summed E-state index contributed by atoms with van der Waals surface area (Å²) in [5.74, 6) is 5.02. The highest BCUT2D eigenvalue weighted by atomic mass is 32.2. The van der Waals surface area contributed by atoms with E-state index in [9.17, 15) is 8.42 Å². The molecule has 10 heavy (non-hydrogen) atoms. The molecule has 0 saturated carbocycles. The third-order valence-electron chi connectivity index (χ3n) is 1.67. The summed E-state index contributed by atoms with van der Waals surface area (Å²) < 4.78 is 22.0. The van der Waals surface area contributed by atoms with E-state index in [4.69, 9.17) is 5.90 Å². The highest BCUT2D eigenvalue weighted by molar-refractivity contribution is 7.91. The molecule has 1 aliphatic heterocycles. The van der Waals surface area contributed by atoms with Gasteiger partial charge in [0, 0.05) is 0 Å². The van der Waals surface area contributed by atoms with E-state index in [1.165, 1.54) is 0 Å². The van der Waals surface area contributed by atoms with Crippen LogP contribution >= 0.6 is 0 Å². The fraction of sp³-hybridized carbons (Fsp3) is 1.00. The molecule has 0 bridgehead atoms. The number of rotatable bonds is 1. The lowest BCUT2D eigenvalue weighted by atomic mass is 10.2. The van der Waals surface area contributed by atoms with Crippen LogP contribution in [0.1, 0.15) is 19.3 Å². The van der Waals surface area contributed by atoms with Crippen molar-refractivity contribution in [3.05, 3.63) is 0 Å². The minimum atomic E-state index is -3.02. The normalized spacial score (nSPS) is 31.9. The van der Waals surface area contributed by atoms with E-state index in [-0.39, 0.29) is 5.75 Å². The van der Waals surface area contributed by atoms with E-state index in [0.29, 0.717) is 6.42 Å². The van der Waals surface area contributed by atoms with Gasteiger partial charge < -0.3 is 0 Å². The van der Waals surface area contributed by atoms with Crippen LogP contribution in [0.4, 0.5) is 0 Å². The molecule has 2 N–H and O–H groups in total. The molecule has 4 nitrogen and oxygen atoms in total. The summed E-state index contributed by atoms with van der Waals surface area (Å²) in [7, 11) is -3.02. The molecule has 1 heterocycles. The number of nitrogens with two attached hydrogens (primary N) is 1. The van der Waals surface area contributed by atoms with Gasteiger partial charge in [-0.2, -0.15) is 0 Å². The van der Waals surface area contributed by atoms with Crippen molar-refractivity contribution in [2.75, 3.05) is 5.75 Å². The summed E-state index contributed by atoms with van der Waals surface area (Å²) in [6.07, 6.45) is 2.17. The van der Waals surface area contributed by atoms with E-state index in [2.05, 4.69) is 4.84 Å². The van der Waals surface area contributed by atoms with Crippen LogP contribution < -0.4 is 5.90 Å². The molecule has 0 spiro atoms. The highest BCUT2D eigenvalue weighted by Crippen LogP contribution is 2.18. The Kier molecular flexibility index (Phi) is 2.28. The van der Waals surface area contributed by atoms with Crippen molar-refractivity contribution in [1.29, 1.82) is 0 Å². The van der Waals surface area contributed by atoms with Gasteiger partial charge in [0.05, 0.1) is 5.75 Å². The van der Waals surface area contributed by atoms with Gasteiger partial charge in [-0.3, -0.25) is 4.84 Å². The zero-order valence-electron chi connectivity index (χ0n) is 5.62. The van der Waals surface area contributed by atoms with Crippen molar-refractivity contribution in [3.63, 3.8) is 0 Å². The van der Waals surface area contributed by atoms with Gasteiger partial charge in [0.1, 0.15) is 0 Å². The van der Waals surface area contributed by atoms with Crippen LogP contribution in [0.5, 0.6) is 0 Å². The van der Waals surface area contributed by atoms with E-state index in [1.54, 1.807) is 0 Å². The Morgan fingerprint density at radius 2 is 2.10 bits per heavy atom. The van der Waals surface area contributed by atoms with Gasteiger partial charge >= 0.3 is 0 Å². The van der Waals surface area contributed by atoms with Crippen molar-refractivity contribution in [3.8, 4) is 0 Å². The summed E-state index contributed by atoms with van der Waals surface area (Å²) in [6, 6.07) is 0. The van der Waals surface area contributed by atoms with Crippen LogP contribution in [0.25, 0.3) is 0 Å². The van der Waals surface area contributed by atoms with Gasteiger partial charge in [-0.1, -0.05) is 0 Å². The number of hydrogen-bond donors (Lipinski definition) is 1. The molecule has 1 saturated heterocycles. The van der Waals surface area contributed by atoms with Crippen LogP contribution in [0.15, 0.2) is 0 Å². The van der Waals surface area contributed by atoms with E-state index >= 15 is 0 Å². The minimum Gasteiger partial charge on any atom is -0.285 e. The summed E-state index contributed by atoms with van der Waals surface area (Å²) in [4.78, 5) is 4.32. The Balaban J connectivity index is 2.70. The number of hydrogen-bond acceptors (Lipinski definition) is 4. The zero-order valence-corrected chi connectivity index (χ0v) is 6.43. The predicted molar refractivity (Wildman–Crippen MR) is 36.7 cm³/mol. The molecule has 0 aromatic carbocycles. The SMILES string of the molecule is NOC1CCCCS1(=O)=O. The molecule has 60 valence electrons. The quantitative estimate of drug-likeness (QED) is 0.546. The van der Waals surface area contributed by atoms with Crippen LogP contribution in [-0.2, 0) is 14.7 Å². The molecule has 0 aliphatic carbocycles. The molecule has 1 atom stereocenters. The zero-order chi connectivity index (χ0) is 7.61. The second kappa shape index (κ2) is 2.86. The third kappa shape index (κ3) is 1.47. The molecular formula is C5H11NO3S. The topological polar surface area (TPSA) is 69.4 Å². The maximum absolute atomic E-state index is 11.0. The lowest BCUT2D eigenvalue weighted by Crippen LogP contribution is -2.32. The average Bonchev–Trinajstić information content (AvgIpc) is 1.87. The maximum Gasteiger partial charge on any atom is 0.179 e. The Morgan fingerprint density at radius 3 is 2.50 bits per heavy atom. The molecule has 5 heteroatoms. The third-order valence-corrected chi connectivity index (χ3v) is 3.68. The second-order valence-electron chi connectivity index (χ2n) is 2.43. The maximum atomic E-state index is 11.0. The van der Waals surface area contributed by atoms with Gasteiger partial charge in [-0.15, -0.1) is 0 Å². The molecule has 1 rings (SSSR count). The van der Waals surface area contributed by atoms with E-state index in [1.807, 2.05) is 0 Å². The monoisotopic (exact) mass is 165 g/mol. The van der Waals surface area contributed by atoms with Crippen molar-refractivity contribution >= 4 is 9.84 Å². The standard InChI is InChI=1S/C5H11NO3S/c6-9-5-3-1-2-4-10(5,7)8/h5H,1-4,6H2. The predicted octanol–water partition coefficient (Wildman–Crippen LogP) is -0.198. The Hall–Kier alpha value is -0.130. The van der Waals surface area contributed by atoms with Crippen molar-refractivity contribution in [2.24, 2.45) is 5.90 Å².